The van der Waals surface area contributed by atoms with Gasteiger partial charge in [-0.2, -0.15) is 0 Å². The maximum Gasteiger partial charge on any atom is 0.227 e. The first-order valence-corrected chi connectivity index (χ1v) is 12.1. The predicted octanol–water partition coefficient (Wildman–Crippen LogP) is 4.42. The van der Waals surface area contributed by atoms with Crippen molar-refractivity contribution in [2.75, 3.05) is 57.2 Å². The molecule has 3 aromatic rings. The van der Waals surface area contributed by atoms with Crippen LogP contribution in [0.5, 0.6) is 17.2 Å². The van der Waals surface area contributed by atoms with Crippen LogP contribution < -0.4 is 24.4 Å². The number of rotatable bonds is 10. The van der Waals surface area contributed by atoms with Gasteiger partial charge in [0.25, 0.3) is 0 Å². The van der Waals surface area contributed by atoms with Crippen LogP contribution in [0.2, 0.25) is 5.02 Å². The van der Waals surface area contributed by atoms with Gasteiger partial charge < -0.3 is 29.3 Å². The molecule has 190 valence electrons. The minimum absolute atomic E-state index is 0.137. The second kappa shape index (κ2) is 11.9. The number of carbonyl (C=O) groups is 1. The first-order chi connectivity index (χ1) is 17.5. The number of hydrogen-bond donors (Lipinski definition) is 1. The molecule has 9 nitrogen and oxygen atoms in total. The van der Waals surface area contributed by atoms with Crippen LogP contribution in [0.3, 0.4) is 0 Å². The highest BCUT2D eigenvalue weighted by atomic mass is 35.5. The molecule has 10 heteroatoms. The molecule has 0 spiro atoms. The average Bonchev–Trinajstić information content (AvgIpc) is 2.93. The zero-order valence-corrected chi connectivity index (χ0v) is 21.4. The fraction of sp³-hybridized carbons (Fsp3) is 0.346. The van der Waals surface area contributed by atoms with Gasteiger partial charge >= 0.3 is 0 Å². The lowest BCUT2D eigenvalue weighted by Crippen LogP contribution is -2.46. The van der Waals surface area contributed by atoms with Gasteiger partial charge in [-0.1, -0.05) is 18.5 Å². The summed E-state index contributed by atoms with van der Waals surface area (Å²) in [4.78, 5) is 24.7. The quantitative estimate of drug-likeness (QED) is 0.397. The molecule has 1 N–H and O–H groups in total. The molecule has 4 rings (SSSR count). The van der Waals surface area contributed by atoms with Gasteiger partial charge in [0.05, 0.1) is 37.3 Å². The normalized spacial score (nSPS) is 13.8. The number of benzene rings is 2. The van der Waals surface area contributed by atoms with E-state index in [9.17, 15) is 4.79 Å². The summed E-state index contributed by atoms with van der Waals surface area (Å²) in [6.45, 7) is 7.44. The largest absolute Gasteiger partial charge is 0.495 e. The number of likely N-dealkylation sites (N-methyl/N-ethyl adjacent to an activating group) is 1. The second-order valence-electron chi connectivity index (χ2n) is 8.28. The fourth-order valence-corrected chi connectivity index (χ4v) is 4.31. The van der Waals surface area contributed by atoms with E-state index in [1.54, 1.807) is 31.6 Å². The molecular weight excluding hydrogens is 482 g/mol. The zero-order valence-electron chi connectivity index (χ0n) is 20.7. The number of ether oxygens (including phenoxy) is 3. The van der Waals surface area contributed by atoms with Crippen LogP contribution in [-0.2, 0) is 6.61 Å². The third-order valence-corrected chi connectivity index (χ3v) is 6.54. The molecule has 36 heavy (non-hydrogen) atoms. The first-order valence-electron chi connectivity index (χ1n) is 11.7. The Morgan fingerprint density at radius 2 is 1.75 bits per heavy atom. The van der Waals surface area contributed by atoms with Crippen LogP contribution in [0, 0.1) is 0 Å². The Hall–Kier alpha value is -3.56. The molecule has 0 amide bonds. The van der Waals surface area contributed by atoms with Crippen molar-refractivity contribution in [2.45, 2.75) is 13.5 Å². The summed E-state index contributed by atoms with van der Waals surface area (Å²) in [6, 6.07) is 9.25. The van der Waals surface area contributed by atoms with E-state index < -0.39 is 0 Å². The Labute approximate surface area is 216 Å². The molecule has 0 aliphatic carbocycles. The van der Waals surface area contributed by atoms with Crippen molar-refractivity contribution >= 4 is 35.2 Å². The van der Waals surface area contributed by atoms with Crippen molar-refractivity contribution in [3.05, 3.63) is 58.9 Å². The summed E-state index contributed by atoms with van der Waals surface area (Å²) >= 11 is 6.34. The van der Waals surface area contributed by atoms with E-state index in [-0.39, 0.29) is 6.61 Å². The predicted molar refractivity (Wildman–Crippen MR) is 140 cm³/mol. The van der Waals surface area contributed by atoms with Crippen molar-refractivity contribution in [3.8, 4) is 17.2 Å². The number of nitrogens with zero attached hydrogens (tertiary/aromatic N) is 4. The van der Waals surface area contributed by atoms with E-state index >= 15 is 0 Å². The van der Waals surface area contributed by atoms with Gasteiger partial charge in [0.15, 0.2) is 5.75 Å². The third kappa shape index (κ3) is 5.98. The van der Waals surface area contributed by atoms with Crippen molar-refractivity contribution in [2.24, 2.45) is 0 Å². The lowest BCUT2D eigenvalue weighted by atomic mass is 10.1. The molecule has 0 unspecified atom stereocenters. The fourth-order valence-electron chi connectivity index (χ4n) is 4.07. The number of hydrogen-bond acceptors (Lipinski definition) is 9. The van der Waals surface area contributed by atoms with E-state index in [0.717, 1.165) is 56.1 Å². The van der Waals surface area contributed by atoms with E-state index in [4.69, 9.17) is 25.8 Å². The summed E-state index contributed by atoms with van der Waals surface area (Å²) in [7, 11) is 3.18. The van der Waals surface area contributed by atoms with Crippen LogP contribution in [0.1, 0.15) is 22.8 Å². The number of piperazine rings is 1. The maximum atomic E-state index is 11.2. The third-order valence-electron chi connectivity index (χ3n) is 6.11. The van der Waals surface area contributed by atoms with Crippen LogP contribution in [-0.4, -0.2) is 68.1 Å². The smallest absolute Gasteiger partial charge is 0.227 e. The van der Waals surface area contributed by atoms with Gasteiger partial charge in [-0.15, -0.1) is 0 Å². The number of aromatic nitrogens is 2. The molecule has 1 aromatic heterocycles. The van der Waals surface area contributed by atoms with Crippen LogP contribution >= 0.6 is 11.6 Å². The van der Waals surface area contributed by atoms with E-state index in [1.807, 2.05) is 12.1 Å². The second-order valence-corrected chi connectivity index (χ2v) is 8.66. The van der Waals surface area contributed by atoms with Crippen molar-refractivity contribution in [1.29, 1.82) is 0 Å². The monoisotopic (exact) mass is 511 g/mol. The van der Waals surface area contributed by atoms with Crippen molar-refractivity contribution < 1.29 is 19.0 Å². The Morgan fingerprint density at radius 3 is 2.39 bits per heavy atom. The minimum atomic E-state index is 0.137. The van der Waals surface area contributed by atoms with Gasteiger partial charge in [-0.3, -0.25) is 4.79 Å². The Bertz CT molecular complexity index is 1180. The molecule has 0 saturated carbocycles. The Balaban J connectivity index is 1.39. The lowest BCUT2D eigenvalue weighted by Gasteiger charge is -2.36. The average molecular weight is 512 g/mol. The highest BCUT2D eigenvalue weighted by molar-refractivity contribution is 6.33. The minimum Gasteiger partial charge on any atom is -0.495 e. The van der Waals surface area contributed by atoms with Crippen molar-refractivity contribution in [1.82, 2.24) is 14.9 Å². The number of carbonyl (C=O) groups excluding carboxylic acids is 1. The zero-order chi connectivity index (χ0) is 25.5. The number of nitrogens with one attached hydrogen (secondary N) is 1. The van der Waals surface area contributed by atoms with Gasteiger partial charge in [-0.05, 0) is 30.8 Å². The molecule has 0 radical (unpaired) electrons. The Morgan fingerprint density at radius 1 is 1.03 bits per heavy atom. The van der Waals surface area contributed by atoms with Gasteiger partial charge in [0.1, 0.15) is 24.4 Å². The van der Waals surface area contributed by atoms with Gasteiger partial charge in [0.2, 0.25) is 5.95 Å². The highest BCUT2D eigenvalue weighted by Crippen LogP contribution is 2.33. The molecule has 1 aliphatic heterocycles. The number of aldehydes is 1. The SMILES string of the molecule is CCN1CCN(c2ccc(Nc3ncc(OCc4cc(C=O)cc(OC)c4Cl)cn3)cc2OC)CC1. The van der Waals surface area contributed by atoms with E-state index in [0.29, 0.717) is 33.6 Å². The summed E-state index contributed by atoms with van der Waals surface area (Å²) in [5.74, 6) is 2.11. The van der Waals surface area contributed by atoms with Gasteiger partial charge in [-0.25, -0.2) is 9.97 Å². The molecule has 2 aromatic carbocycles. The van der Waals surface area contributed by atoms with Crippen molar-refractivity contribution in [3.63, 3.8) is 0 Å². The number of halogens is 1. The molecular formula is C26H30ClN5O4. The first kappa shape index (κ1) is 25.5. The molecule has 1 fully saturated rings. The van der Waals surface area contributed by atoms with E-state index in [2.05, 4.69) is 38.1 Å². The molecule has 1 aliphatic rings. The highest BCUT2D eigenvalue weighted by Gasteiger charge is 2.19. The summed E-state index contributed by atoms with van der Waals surface area (Å²) in [5, 5.41) is 3.60. The van der Waals surface area contributed by atoms with E-state index in [1.165, 1.54) is 7.11 Å². The lowest BCUT2D eigenvalue weighted by molar-refractivity contribution is 0.112. The Kier molecular flexibility index (Phi) is 8.45. The van der Waals surface area contributed by atoms with Crippen LogP contribution in [0.25, 0.3) is 0 Å². The number of anilines is 3. The topological polar surface area (TPSA) is 89.0 Å². The van der Waals surface area contributed by atoms with Crippen LogP contribution in [0.4, 0.5) is 17.3 Å². The molecule has 0 bridgehead atoms. The molecule has 2 heterocycles. The maximum absolute atomic E-state index is 11.2. The standard InChI is InChI=1S/C26H30ClN5O4/c1-4-31-7-9-32(10-8-31)22-6-5-20(13-23(22)34-2)30-26-28-14-21(15-29-26)36-17-19-11-18(16-33)12-24(35-3)25(19)27/h5-6,11-16H,4,7-10,17H2,1-3H3,(H,28,29,30). The molecule has 1 saturated heterocycles. The summed E-state index contributed by atoms with van der Waals surface area (Å²) < 4.78 is 16.7. The summed E-state index contributed by atoms with van der Waals surface area (Å²) in [6.07, 6.45) is 3.88. The number of methoxy groups -OCH3 is 2. The molecule has 0 atom stereocenters. The van der Waals surface area contributed by atoms with Crippen LogP contribution in [0.15, 0.2) is 42.7 Å². The van der Waals surface area contributed by atoms with Gasteiger partial charge in [0, 0.05) is 49.1 Å². The summed E-state index contributed by atoms with van der Waals surface area (Å²) in [5.41, 5.74) is 2.98.